The summed E-state index contributed by atoms with van der Waals surface area (Å²) in [7, 11) is 0. The number of benzene rings is 1. The minimum Gasteiger partial charge on any atom is -0.403 e. The molecule has 122 valence electrons. The second kappa shape index (κ2) is 7.82. The van der Waals surface area contributed by atoms with Crippen LogP contribution in [-0.4, -0.2) is 17.6 Å². The SMILES string of the molecule is CCC(C)[C@@H](O)[C@@H](N)c1ccc(OC(F)(F)F)c(F)c1.Cl. The fourth-order valence-electron chi connectivity index (χ4n) is 1.72. The van der Waals surface area contributed by atoms with Crippen LogP contribution in [0.15, 0.2) is 18.2 Å². The molecule has 0 saturated heterocycles. The number of hydrogen-bond acceptors (Lipinski definition) is 3. The van der Waals surface area contributed by atoms with Gasteiger partial charge < -0.3 is 15.6 Å². The van der Waals surface area contributed by atoms with Crippen LogP contribution in [0.4, 0.5) is 17.6 Å². The Balaban J connectivity index is 0.00000400. The summed E-state index contributed by atoms with van der Waals surface area (Å²) in [5.74, 6) is -2.21. The summed E-state index contributed by atoms with van der Waals surface area (Å²) in [6.45, 7) is 3.64. The Morgan fingerprint density at radius 1 is 1.33 bits per heavy atom. The summed E-state index contributed by atoms with van der Waals surface area (Å²) in [4.78, 5) is 0. The van der Waals surface area contributed by atoms with Crippen LogP contribution in [0.5, 0.6) is 5.75 Å². The van der Waals surface area contributed by atoms with Gasteiger partial charge in [-0.3, -0.25) is 0 Å². The molecule has 3 atom stereocenters. The van der Waals surface area contributed by atoms with Crippen molar-refractivity contribution in [1.82, 2.24) is 0 Å². The van der Waals surface area contributed by atoms with E-state index in [0.717, 1.165) is 12.1 Å². The van der Waals surface area contributed by atoms with E-state index in [1.54, 1.807) is 6.92 Å². The van der Waals surface area contributed by atoms with Crippen LogP contribution in [0.1, 0.15) is 31.9 Å². The Bertz CT molecular complexity index is 456. The maximum Gasteiger partial charge on any atom is 0.573 e. The molecule has 21 heavy (non-hydrogen) atoms. The fraction of sp³-hybridized carbons (Fsp3) is 0.538. The lowest BCUT2D eigenvalue weighted by atomic mass is 9.91. The van der Waals surface area contributed by atoms with Gasteiger partial charge >= 0.3 is 6.36 Å². The molecule has 0 aliphatic carbocycles. The van der Waals surface area contributed by atoms with E-state index in [0.29, 0.717) is 6.42 Å². The van der Waals surface area contributed by atoms with E-state index in [2.05, 4.69) is 4.74 Å². The number of rotatable bonds is 5. The van der Waals surface area contributed by atoms with Crippen molar-refractivity contribution in [3.8, 4) is 5.75 Å². The Morgan fingerprint density at radius 2 is 1.90 bits per heavy atom. The first kappa shape index (κ1) is 19.9. The topological polar surface area (TPSA) is 55.5 Å². The van der Waals surface area contributed by atoms with E-state index in [1.165, 1.54) is 6.07 Å². The van der Waals surface area contributed by atoms with Crippen molar-refractivity contribution in [2.75, 3.05) is 0 Å². The maximum atomic E-state index is 13.5. The van der Waals surface area contributed by atoms with Crippen molar-refractivity contribution in [1.29, 1.82) is 0 Å². The van der Waals surface area contributed by atoms with Crippen LogP contribution in [0.3, 0.4) is 0 Å². The van der Waals surface area contributed by atoms with Crippen molar-refractivity contribution in [3.63, 3.8) is 0 Å². The summed E-state index contributed by atoms with van der Waals surface area (Å²) >= 11 is 0. The zero-order valence-corrected chi connectivity index (χ0v) is 12.3. The van der Waals surface area contributed by atoms with Crippen molar-refractivity contribution in [3.05, 3.63) is 29.6 Å². The summed E-state index contributed by atoms with van der Waals surface area (Å²) in [6, 6.07) is 2.03. The van der Waals surface area contributed by atoms with E-state index < -0.39 is 30.1 Å². The predicted octanol–water partition coefficient (Wildman–Crippen LogP) is 3.55. The van der Waals surface area contributed by atoms with Gasteiger partial charge in [-0.05, 0) is 23.6 Å². The molecule has 0 aliphatic heterocycles. The molecule has 1 aromatic rings. The molecule has 3 nitrogen and oxygen atoms in total. The lowest BCUT2D eigenvalue weighted by Crippen LogP contribution is -2.31. The van der Waals surface area contributed by atoms with E-state index in [-0.39, 0.29) is 23.9 Å². The highest BCUT2D eigenvalue weighted by molar-refractivity contribution is 5.85. The van der Waals surface area contributed by atoms with Crippen LogP contribution in [0, 0.1) is 11.7 Å². The highest BCUT2D eigenvalue weighted by Gasteiger charge is 2.32. The number of aliphatic hydroxyl groups excluding tert-OH is 1. The van der Waals surface area contributed by atoms with Gasteiger partial charge in [-0.2, -0.15) is 0 Å². The molecule has 0 aromatic heterocycles. The maximum absolute atomic E-state index is 13.5. The third-order valence-corrected chi connectivity index (χ3v) is 3.16. The molecular formula is C13H18ClF4NO2. The van der Waals surface area contributed by atoms with Gasteiger partial charge in [-0.1, -0.05) is 26.3 Å². The second-order valence-corrected chi connectivity index (χ2v) is 4.64. The molecule has 1 rings (SSSR count). The minimum absolute atomic E-state index is 0. The van der Waals surface area contributed by atoms with Crippen LogP contribution >= 0.6 is 12.4 Å². The molecule has 8 heteroatoms. The van der Waals surface area contributed by atoms with Crippen molar-refractivity contribution in [2.24, 2.45) is 11.7 Å². The first-order chi connectivity index (χ1) is 9.15. The van der Waals surface area contributed by atoms with E-state index >= 15 is 0 Å². The summed E-state index contributed by atoms with van der Waals surface area (Å²) < 4.78 is 53.1. The molecule has 0 spiro atoms. The van der Waals surface area contributed by atoms with Crippen LogP contribution in [0.25, 0.3) is 0 Å². The highest BCUT2D eigenvalue weighted by Crippen LogP contribution is 2.29. The number of hydrogen-bond donors (Lipinski definition) is 2. The average Bonchev–Trinajstić information content (AvgIpc) is 2.37. The zero-order valence-electron chi connectivity index (χ0n) is 11.5. The first-order valence-electron chi connectivity index (χ1n) is 6.14. The number of alkyl halides is 3. The van der Waals surface area contributed by atoms with Crippen LogP contribution in [0.2, 0.25) is 0 Å². The molecule has 0 amide bonds. The lowest BCUT2D eigenvalue weighted by molar-refractivity contribution is -0.275. The van der Waals surface area contributed by atoms with Gasteiger partial charge in [-0.25, -0.2) is 4.39 Å². The molecule has 3 N–H and O–H groups in total. The van der Waals surface area contributed by atoms with Gasteiger partial charge in [0.1, 0.15) is 0 Å². The Kier molecular flexibility index (Phi) is 7.43. The molecule has 1 aromatic carbocycles. The number of nitrogens with two attached hydrogens (primary N) is 1. The normalized spacial score (nSPS) is 15.8. The molecule has 0 radical (unpaired) electrons. The van der Waals surface area contributed by atoms with Crippen LogP contribution < -0.4 is 10.5 Å². The molecule has 0 aliphatic rings. The molecule has 0 bridgehead atoms. The Labute approximate surface area is 126 Å². The fourth-order valence-corrected chi connectivity index (χ4v) is 1.72. The second-order valence-electron chi connectivity index (χ2n) is 4.64. The molecular weight excluding hydrogens is 314 g/mol. The smallest absolute Gasteiger partial charge is 0.403 e. The largest absolute Gasteiger partial charge is 0.573 e. The summed E-state index contributed by atoms with van der Waals surface area (Å²) in [5, 5.41) is 9.93. The average molecular weight is 332 g/mol. The molecule has 0 heterocycles. The molecule has 0 fully saturated rings. The van der Waals surface area contributed by atoms with Crippen LogP contribution in [-0.2, 0) is 0 Å². The van der Waals surface area contributed by atoms with Gasteiger partial charge in [0.15, 0.2) is 11.6 Å². The number of ether oxygens (including phenoxy) is 1. The van der Waals surface area contributed by atoms with Gasteiger partial charge in [0.25, 0.3) is 0 Å². The number of halogens is 5. The summed E-state index contributed by atoms with van der Waals surface area (Å²) in [5.41, 5.74) is 5.99. The van der Waals surface area contributed by atoms with E-state index in [1.807, 2.05) is 6.92 Å². The monoisotopic (exact) mass is 331 g/mol. The van der Waals surface area contributed by atoms with Crippen molar-refractivity contribution >= 4 is 12.4 Å². The molecule has 1 unspecified atom stereocenters. The first-order valence-corrected chi connectivity index (χ1v) is 6.14. The third kappa shape index (κ3) is 5.68. The van der Waals surface area contributed by atoms with E-state index in [4.69, 9.17) is 5.73 Å². The van der Waals surface area contributed by atoms with Gasteiger partial charge in [-0.15, -0.1) is 25.6 Å². The number of aliphatic hydroxyl groups is 1. The quantitative estimate of drug-likeness (QED) is 0.811. The van der Waals surface area contributed by atoms with Gasteiger partial charge in [0.2, 0.25) is 0 Å². The summed E-state index contributed by atoms with van der Waals surface area (Å²) in [6.07, 6.45) is -5.19. The Morgan fingerprint density at radius 3 is 2.33 bits per heavy atom. The van der Waals surface area contributed by atoms with E-state index in [9.17, 15) is 22.7 Å². The zero-order chi connectivity index (χ0) is 15.5. The predicted molar refractivity (Wildman–Crippen MR) is 72.7 cm³/mol. The highest BCUT2D eigenvalue weighted by atomic mass is 35.5. The molecule has 0 saturated carbocycles. The lowest BCUT2D eigenvalue weighted by Gasteiger charge is -2.24. The van der Waals surface area contributed by atoms with Crippen molar-refractivity contribution < 1.29 is 27.4 Å². The Hall–Kier alpha value is -1.05. The van der Waals surface area contributed by atoms with Gasteiger partial charge in [0, 0.05) is 0 Å². The third-order valence-electron chi connectivity index (χ3n) is 3.16. The van der Waals surface area contributed by atoms with Gasteiger partial charge in [0.05, 0.1) is 12.1 Å². The minimum atomic E-state index is -4.96. The van der Waals surface area contributed by atoms with Crippen molar-refractivity contribution in [2.45, 2.75) is 38.8 Å². The standard InChI is InChI=1S/C13H17F4NO2.ClH/c1-3-7(2)12(19)11(18)8-4-5-10(9(14)6-8)20-13(15,16)17;/h4-7,11-12,19H,3,18H2,1-2H3;1H/t7?,11-,12+;/m0./s1.